The Morgan fingerprint density at radius 2 is 1.93 bits per heavy atom. The molecule has 0 bridgehead atoms. The first-order valence-electron chi connectivity index (χ1n) is 5.11. The maximum atomic E-state index is 13.1. The second-order valence-electron chi connectivity index (χ2n) is 4.46. The normalized spacial score (nSPS) is 11.5. The molecule has 0 atom stereocenters. The van der Waals surface area contributed by atoms with E-state index in [1.807, 2.05) is 0 Å². The molecule has 0 aliphatic rings. The van der Waals surface area contributed by atoms with E-state index >= 15 is 0 Å². The fourth-order valence-corrected chi connectivity index (χ4v) is 1.15. The number of benzene rings is 1. The molecular weight excluding hydrogens is 193 g/mol. The summed E-state index contributed by atoms with van der Waals surface area (Å²) in [5.41, 5.74) is 0.0680. The van der Waals surface area contributed by atoms with Gasteiger partial charge in [0.15, 0.2) is 11.6 Å². The van der Waals surface area contributed by atoms with E-state index in [1.165, 1.54) is 6.07 Å². The Morgan fingerprint density at radius 3 is 2.53 bits per heavy atom. The minimum Gasteiger partial charge on any atom is -0.489 e. The van der Waals surface area contributed by atoms with Gasteiger partial charge in [0.05, 0.1) is 0 Å². The van der Waals surface area contributed by atoms with E-state index in [1.54, 1.807) is 18.2 Å². The van der Waals surface area contributed by atoms with Crippen molar-refractivity contribution in [3.05, 3.63) is 30.1 Å². The average Bonchev–Trinajstić information content (AvgIpc) is 2.13. The zero-order valence-electron chi connectivity index (χ0n) is 9.51. The molecule has 15 heavy (non-hydrogen) atoms. The molecule has 1 N–H and O–H groups in total. The van der Waals surface area contributed by atoms with Gasteiger partial charge in [-0.05, 0) is 32.9 Å². The smallest absolute Gasteiger partial charge is 0.165 e. The van der Waals surface area contributed by atoms with Crippen LogP contribution in [0.1, 0.15) is 20.8 Å². The molecule has 2 nitrogen and oxygen atoms in total. The topological polar surface area (TPSA) is 21.3 Å². The molecule has 0 spiro atoms. The Labute approximate surface area is 90.4 Å². The fourth-order valence-electron chi connectivity index (χ4n) is 1.15. The van der Waals surface area contributed by atoms with E-state index in [9.17, 15) is 4.39 Å². The van der Waals surface area contributed by atoms with Gasteiger partial charge in [-0.25, -0.2) is 4.39 Å². The highest BCUT2D eigenvalue weighted by Crippen LogP contribution is 2.14. The van der Waals surface area contributed by atoms with Crippen LogP contribution in [0, 0.1) is 5.82 Å². The van der Waals surface area contributed by atoms with E-state index in [2.05, 4.69) is 26.1 Å². The summed E-state index contributed by atoms with van der Waals surface area (Å²) in [5, 5.41) is 3.26. The molecule has 0 heterocycles. The number of halogens is 1. The lowest BCUT2D eigenvalue weighted by Gasteiger charge is -2.20. The molecule has 0 aromatic heterocycles. The van der Waals surface area contributed by atoms with E-state index < -0.39 is 0 Å². The van der Waals surface area contributed by atoms with Crippen molar-refractivity contribution < 1.29 is 9.13 Å². The summed E-state index contributed by atoms with van der Waals surface area (Å²) < 4.78 is 18.4. The van der Waals surface area contributed by atoms with Crippen LogP contribution in [0.4, 0.5) is 4.39 Å². The highest BCUT2D eigenvalue weighted by atomic mass is 19.1. The van der Waals surface area contributed by atoms with Crippen LogP contribution < -0.4 is 10.1 Å². The van der Waals surface area contributed by atoms with Gasteiger partial charge < -0.3 is 10.1 Å². The first kappa shape index (κ1) is 12.0. The van der Waals surface area contributed by atoms with Crippen molar-refractivity contribution in [3.63, 3.8) is 0 Å². The van der Waals surface area contributed by atoms with Crippen LogP contribution in [-0.2, 0) is 0 Å². The Balaban J connectivity index is 2.30. The lowest BCUT2D eigenvalue weighted by atomic mass is 10.1. The van der Waals surface area contributed by atoms with Gasteiger partial charge in [-0.3, -0.25) is 0 Å². The van der Waals surface area contributed by atoms with Gasteiger partial charge in [0.25, 0.3) is 0 Å². The van der Waals surface area contributed by atoms with E-state index in [0.29, 0.717) is 18.9 Å². The van der Waals surface area contributed by atoms with Crippen molar-refractivity contribution in [1.29, 1.82) is 0 Å². The minimum absolute atomic E-state index is 0.0680. The zero-order chi connectivity index (χ0) is 11.3. The quantitative estimate of drug-likeness (QED) is 0.773. The van der Waals surface area contributed by atoms with Gasteiger partial charge in [-0.15, -0.1) is 0 Å². The summed E-state index contributed by atoms with van der Waals surface area (Å²) in [6.07, 6.45) is 0. The second kappa shape index (κ2) is 5.12. The van der Waals surface area contributed by atoms with E-state index in [4.69, 9.17) is 4.74 Å². The summed E-state index contributed by atoms with van der Waals surface area (Å²) in [4.78, 5) is 0. The minimum atomic E-state index is -0.312. The van der Waals surface area contributed by atoms with Crippen molar-refractivity contribution in [1.82, 2.24) is 5.32 Å². The summed E-state index contributed by atoms with van der Waals surface area (Å²) in [5.74, 6) is 0.00136. The molecule has 0 fully saturated rings. The SMILES string of the molecule is CC(C)(C)NCCOc1ccccc1F. The van der Waals surface area contributed by atoms with Crippen molar-refractivity contribution in [3.8, 4) is 5.75 Å². The standard InChI is InChI=1S/C12H18FNO/c1-12(2,3)14-8-9-15-11-7-5-4-6-10(11)13/h4-7,14H,8-9H2,1-3H3. The third-order valence-corrected chi connectivity index (χ3v) is 1.85. The van der Waals surface area contributed by atoms with Crippen molar-refractivity contribution in [2.24, 2.45) is 0 Å². The molecule has 3 heteroatoms. The average molecular weight is 211 g/mol. The number of rotatable bonds is 4. The number of ether oxygens (including phenoxy) is 1. The molecule has 0 aliphatic heterocycles. The third-order valence-electron chi connectivity index (χ3n) is 1.85. The molecule has 0 aliphatic carbocycles. The second-order valence-corrected chi connectivity index (χ2v) is 4.46. The summed E-state index contributed by atoms with van der Waals surface area (Å²) in [7, 11) is 0. The van der Waals surface area contributed by atoms with Gasteiger partial charge in [0.1, 0.15) is 6.61 Å². The molecule has 0 amide bonds. The molecule has 84 valence electrons. The number of hydrogen-bond donors (Lipinski definition) is 1. The third kappa shape index (κ3) is 4.79. The first-order valence-corrected chi connectivity index (χ1v) is 5.11. The van der Waals surface area contributed by atoms with Gasteiger partial charge >= 0.3 is 0 Å². The summed E-state index contributed by atoms with van der Waals surface area (Å²) in [6, 6.07) is 6.43. The summed E-state index contributed by atoms with van der Waals surface area (Å²) in [6.45, 7) is 7.42. The number of nitrogens with one attached hydrogen (secondary N) is 1. The van der Waals surface area contributed by atoms with Gasteiger partial charge in [0.2, 0.25) is 0 Å². The van der Waals surface area contributed by atoms with Crippen LogP contribution in [0.3, 0.4) is 0 Å². The van der Waals surface area contributed by atoms with Crippen LogP contribution >= 0.6 is 0 Å². The maximum Gasteiger partial charge on any atom is 0.165 e. The van der Waals surface area contributed by atoms with Crippen LogP contribution in [0.25, 0.3) is 0 Å². The zero-order valence-corrected chi connectivity index (χ0v) is 9.51. The molecule has 1 rings (SSSR count). The summed E-state index contributed by atoms with van der Waals surface area (Å²) >= 11 is 0. The Morgan fingerprint density at radius 1 is 1.27 bits per heavy atom. The van der Waals surface area contributed by atoms with E-state index in [-0.39, 0.29) is 11.4 Å². The van der Waals surface area contributed by atoms with Crippen molar-refractivity contribution >= 4 is 0 Å². The lowest BCUT2D eigenvalue weighted by Crippen LogP contribution is -2.38. The maximum absolute atomic E-state index is 13.1. The van der Waals surface area contributed by atoms with Crippen LogP contribution in [0.5, 0.6) is 5.75 Å². The van der Waals surface area contributed by atoms with Crippen LogP contribution in [-0.4, -0.2) is 18.7 Å². The lowest BCUT2D eigenvalue weighted by molar-refractivity contribution is 0.279. The van der Waals surface area contributed by atoms with E-state index in [0.717, 1.165) is 0 Å². The number of para-hydroxylation sites is 1. The highest BCUT2D eigenvalue weighted by molar-refractivity contribution is 5.23. The molecule has 1 aromatic rings. The molecule has 0 saturated carbocycles. The molecule has 1 aromatic carbocycles. The van der Waals surface area contributed by atoms with Gasteiger partial charge in [-0.2, -0.15) is 0 Å². The fraction of sp³-hybridized carbons (Fsp3) is 0.500. The largest absolute Gasteiger partial charge is 0.489 e. The first-order chi connectivity index (χ1) is 6.99. The molecule has 0 unspecified atom stereocenters. The predicted octanol–water partition coefficient (Wildman–Crippen LogP) is 2.59. The molecular formula is C12H18FNO. The Bertz CT molecular complexity index is 307. The van der Waals surface area contributed by atoms with Gasteiger partial charge in [0, 0.05) is 12.1 Å². The van der Waals surface area contributed by atoms with Crippen molar-refractivity contribution in [2.45, 2.75) is 26.3 Å². The van der Waals surface area contributed by atoms with Crippen LogP contribution in [0.2, 0.25) is 0 Å². The van der Waals surface area contributed by atoms with Gasteiger partial charge in [-0.1, -0.05) is 12.1 Å². The van der Waals surface area contributed by atoms with Crippen molar-refractivity contribution in [2.75, 3.05) is 13.2 Å². The van der Waals surface area contributed by atoms with Crippen LogP contribution in [0.15, 0.2) is 24.3 Å². The highest BCUT2D eigenvalue weighted by Gasteiger charge is 2.08. The number of hydrogen-bond acceptors (Lipinski definition) is 2. The molecule has 0 saturated heterocycles. The predicted molar refractivity (Wildman–Crippen MR) is 59.7 cm³/mol. The Hall–Kier alpha value is -1.09. The monoisotopic (exact) mass is 211 g/mol. The Kier molecular flexibility index (Phi) is 4.09. The molecule has 0 radical (unpaired) electrons.